The Hall–Kier alpha value is -2.30. The van der Waals surface area contributed by atoms with E-state index in [1.807, 2.05) is 30.2 Å². The minimum absolute atomic E-state index is 0.0968. The maximum Gasteiger partial charge on any atom is 0.337 e. The zero-order valence-corrected chi connectivity index (χ0v) is 20.0. The fraction of sp³-hybridized carbons (Fsp3) is 0.476. The first-order valence-corrected chi connectivity index (χ1v) is 11.5. The van der Waals surface area contributed by atoms with Crippen LogP contribution in [0.15, 0.2) is 33.3 Å². The first-order chi connectivity index (χ1) is 14.9. The van der Waals surface area contributed by atoms with E-state index >= 15 is 0 Å². The largest absolute Gasteiger partial charge is 0.466 e. The maximum absolute atomic E-state index is 13.3. The number of carbonyl (C=O) groups excluding carboxylic acids is 3. The smallest absolute Gasteiger partial charge is 0.337 e. The lowest BCUT2D eigenvalue weighted by Gasteiger charge is -2.36. The van der Waals surface area contributed by atoms with E-state index in [9.17, 15) is 14.4 Å². The van der Waals surface area contributed by atoms with Gasteiger partial charge in [0.2, 0.25) is 6.41 Å². The Morgan fingerprint density at radius 1 is 1.23 bits per heavy atom. The predicted octanol–water partition coefficient (Wildman–Crippen LogP) is 2.41. The zero-order valence-electron chi connectivity index (χ0n) is 18.4. The third kappa shape index (κ3) is 5.69. The Balaban J connectivity index is 2.62. The summed E-state index contributed by atoms with van der Waals surface area (Å²) in [5.41, 5.74) is 2.46. The average Bonchev–Trinajstić information content (AvgIpc) is 3.18. The van der Waals surface area contributed by atoms with Crippen LogP contribution >= 0.6 is 23.1 Å². The summed E-state index contributed by atoms with van der Waals surface area (Å²) in [6.07, 6.45) is 0.637. The van der Waals surface area contributed by atoms with E-state index in [1.54, 1.807) is 7.05 Å². The average molecular weight is 469 g/mol. The van der Waals surface area contributed by atoms with Crippen molar-refractivity contribution >= 4 is 41.4 Å². The number of thiophene rings is 1. The maximum atomic E-state index is 13.3. The van der Waals surface area contributed by atoms with E-state index in [1.165, 1.54) is 37.3 Å². The number of allylic oxidation sites excluding steroid dienone is 1. The molecule has 1 aliphatic heterocycles. The molecular weight excluding hydrogens is 440 g/mol. The van der Waals surface area contributed by atoms with Gasteiger partial charge in [0.15, 0.2) is 0 Å². The fourth-order valence-corrected chi connectivity index (χ4v) is 5.39. The SMILES string of the molecule is COCCOC(=O)C1=C(SCCNC=O)N(C)C(C)=C(C(=O)OC)C1c1sccc1C. The van der Waals surface area contributed by atoms with Crippen LogP contribution in [0, 0.1) is 6.92 Å². The summed E-state index contributed by atoms with van der Waals surface area (Å²) < 4.78 is 15.6. The van der Waals surface area contributed by atoms with Crippen LogP contribution in [0.1, 0.15) is 23.3 Å². The van der Waals surface area contributed by atoms with Crippen molar-refractivity contribution in [3.63, 3.8) is 0 Å². The summed E-state index contributed by atoms with van der Waals surface area (Å²) in [5.74, 6) is -1.07. The minimum Gasteiger partial charge on any atom is -0.466 e. The molecule has 0 aromatic carbocycles. The first-order valence-electron chi connectivity index (χ1n) is 9.65. The molecule has 1 amide bonds. The molecular formula is C21H28N2O6S2. The molecule has 1 aromatic rings. The summed E-state index contributed by atoms with van der Waals surface area (Å²) in [6.45, 7) is 4.58. The van der Waals surface area contributed by atoms with Crippen LogP contribution in [0.3, 0.4) is 0 Å². The van der Waals surface area contributed by atoms with E-state index in [2.05, 4.69) is 5.32 Å². The number of rotatable bonds is 11. The number of hydrogen-bond donors (Lipinski definition) is 1. The summed E-state index contributed by atoms with van der Waals surface area (Å²) in [4.78, 5) is 39.4. The lowest BCUT2D eigenvalue weighted by molar-refractivity contribution is -0.140. The molecule has 1 atom stereocenters. The zero-order chi connectivity index (χ0) is 23.0. The molecule has 1 aromatic heterocycles. The van der Waals surface area contributed by atoms with Crippen LogP contribution in [-0.4, -0.2) is 70.0 Å². The van der Waals surface area contributed by atoms with Crippen molar-refractivity contribution in [1.29, 1.82) is 0 Å². The Bertz CT molecular complexity index is 877. The molecule has 31 heavy (non-hydrogen) atoms. The van der Waals surface area contributed by atoms with Gasteiger partial charge < -0.3 is 24.4 Å². The molecule has 1 aliphatic rings. The molecule has 8 nitrogen and oxygen atoms in total. The molecule has 0 bridgehead atoms. The van der Waals surface area contributed by atoms with E-state index in [0.717, 1.165) is 10.4 Å². The highest BCUT2D eigenvalue weighted by Crippen LogP contribution is 2.47. The molecule has 2 rings (SSSR count). The van der Waals surface area contributed by atoms with Crippen molar-refractivity contribution in [2.24, 2.45) is 0 Å². The van der Waals surface area contributed by atoms with Gasteiger partial charge in [-0.05, 0) is 30.9 Å². The molecule has 0 aliphatic carbocycles. The number of aryl methyl sites for hydroxylation is 1. The highest BCUT2D eigenvalue weighted by Gasteiger charge is 2.42. The topological polar surface area (TPSA) is 94.2 Å². The molecule has 170 valence electrons. The van der Waals surface area contributed by atoms with Gasteiger partial charge in [-0.3, -0.25) is 4.79 Å². The van der Waals surface area contributed by atoms with E-state index in [0.29, 0.717) is 40.6 Å². The van der Waals surface area contributed by atoms with Crippen molar-refractivity contribution < 1.29 is 28.6 Å². The summed E-state index contributed by atoms with van der Waals surface area (Å²) in [5, 5.41) is 5.24. The molecule has 1 N–H and O–H groups in total. The van der Waals surface area contributed by atoms with E-state index in [-0.39, 0.29) is 13.2 Å². The first kappa shape index (κ1) is 25.0. The lowest BCUT2D eigenvalue weighted by Crippen LogP contribution is -2.34. The second kappa shape index (κ2) is 11.9. The van der Waals surface area contributed by atoms with Crippen LogP contribution in [0.4, 0.5) is 0 Å². The number of nitrogens with one attached hydrogen (secondary N) is 1. The van der Waals surface area contributed by atoms with Gasteiger partial charge in [0.05, 0.1) is 35.8 Å². The normalized spacial score (nSPS) is 16.4. The molecule has 0 saturated heterocycles. The quantitative estimate of drug-likeness (QED) is 0.301. The third-order valence-corrected chi connectivity index (χ3v) is 7.14. The number of carbonyl (C=O) groups is 3. The molecule has 10 heteroatoms. The fourth-order valence-electron chi connectivity index (χ4n) is 3.25. The van der Waals surface area contributed by atoms with Gasteiger partial charge in [0.25, 0.3) is 0 Å². The van der Waals surface area contributed by atoms with Gasteiger partial charge in [0.1, 0.15) is 6.61 Å². The van der Waals surface area contributed by atoms with E-state index < -0.39 is 17.9 Å². The third-order valence-electron chi connectivity index (χ3n) is 4.88. The van der Waals surface area contributed by atoms with Crippen molar-refractivity contribution in [3.8, 4) is 0 Å². The molecule has 2 heterocycles. The van der Waals surface area contributed by atoms with Crippen molar-refractivity contribution in [2.45, 2.75) is 19.8 Å². The summed E-state index contributed by atoms with van der Waals surface area (Å²) in [7, 11) is 4.66. The van der Waals surface area contributed by atoms with Gasteiger partial charge in [0, 0.05) is 37.0 Å². The van der Waals surface area contributed by atoms with Crippen molar-refractivity contribution in [1.82, 2.24) is 10.2 Å². The van der Waals surface area contributed by atoms with Crippen LogP contribution < -0.4 is 5.32 Å². The van der Waals surface area contributed by atoms with Crippen molar-refractivity contribution in [2.75, 3.05) is 46.8 Å². The Morgan fingerprint density at radius 3 is 2.55 bits per heavy atom. The summed E-state index contributed by atoms with van der Waals surface area (Å²) in [6, 6.07) is 1.96. The van der Waals surface area contributed by atoms with Gasteiger partial charge in [-0.15, -0.1) is 23.1 Å². The lowest BCUT2D eigenvalue weighted by atomic mass is 9.84. The second-order valence-electron chi connectivity index (χ2n) is 6.72. The van der Waals surface area contributed by atoms with E-state index in [4.69, 9.17) is 14.2 Å². The predicted molar refractivity (Wildman–Crippen MR) is 121 cm³/mol. The minimum atomic E-state index is -0.611. The Morgan fingerprint density at radius 2 is 1.97 bits per heavy atom. The second-order valence-corrected chi connectivity index (χ2v) is 8.75. The van der Waals surface area contributed by atoms with Crippen LogP contribution in [0.2, 0.25) is 0 Å². The van der Waals surface area contributed by atoms with Crippen LogP contribution in [0.5, 0.6) is 0 Å². The number of hydrogen-bond acceptors (Lipinski definition) is 9. The molecule has 0 saturated carbocycles. The monoisotopic (exact) mass is 468 g/mol. The Labute approximate surface area is 190 Å². The summed E-state index contributed by atoms with van der Waals surface area (Å²) >= 11 is 2.90. The number of methoxy groups -OCH3 is 2. The van der Waals surface area contributed by atoms with Gasteiger partial charge in [-0.25, -0.2) is 9.59 Å². The number of esters is 2. The highest BCUT2D eigenvalue weighted by atomic mass is 32.2. The van der Waals surface area contributed by atoms with Crippen molar-refractivity contribution in [3.05, 3.63) is 43.8 Å². The standard InChI is InChI=1S/C21H28N2O6S2/c1-13-6-10-30-18(13)16-15(20(25)28-5)14(2)23(3)19(31-11-7-22-12-24)17(16)21(26)29-9-8-27-4/h6,10,12,16H,7-9,11H2,1-5H3,(H,22,24). The molecule has 0 radical (unpaired) electrons. The molecule has 1 unspecified atom stereocenters. The van der Waals surface area contributed by atoms with Gasteiger partial charge in [-0.1, -0.05) is 0 Å². The number of amides is 1. The van der Waals surface area contributed by atoms with Gasteiger partial charge >= 0.3 is 11.9 Å². The van der Waals surface area contributed by atoms with Crippen LogP contribution in [-0.2, 0) is 28.6 Å². The number of thioether (sulfide) groups is 1. The Kier molecular flexibility index (Phi) is 9.60. The molecule has 0 spiro atoms. The molecule has 0 fully saturated rings. The van der Waals surface area contributed by atoms with Crippen LogP contribution in [0.25, 0.3) is 0 Å². The number of nitrogens with zero attached hydrogens (tertiary/aromatic N) is 1. The number of ether oxygens (including phenoxy) is 3. The van der Waals surface area contributed by atoms with Gasteiger partial charge in [-0.2, -0.15) is 0 Å². The highest BCUT2D eigenvalue weighted by molar-refractivity contribution is 8.03.